The number of rotatable bonds is 2. The maximum atomic E-state index is 6.27. The molecule has 29 heavy (non-hydrogen) atoms. The van der Waals surface area contributed by atoms with Gasteiger partial charge in [0.05, 0.1) is 0 Å². The Balaban J connectivity index is 1.60. The third-order valence-electron chi connectivity index (χ3n) is 5.38. The van der Waals surface area contributed by atoms with Crippen LogP contribution >= 0.6 is 11.6 Å². The molecule has 1 aromatic heterocycles. The molecule has 0 saturated carbocycles. The summed E-state index contributed by atoms with van der Waals surface area (Å²) in [4.78, 5) is 13.5. The number of halogens is 1. The van der Waals surface area contributed by atoms with Crippen LogP contribution in [0.2, 0.25) is 5.28 Å². The Labute approximate surface area is 172 Å². The van der Waals surface area contributed by atoms with Crippen molar-refractivity contribution in [3.63, 3.8) is 0 Å². The normalized spacial score (nSPS) is 11.6. The first kappa shape index (κ1) is 16.4. The molecule has 5 aromatic rings. The summed E-state index contributed by atoms with van der Waals surface area (Å²) in [6, 6.07) is 29.1. The van der Waals surface area contributed by atoms with Gasteiger partial charge < -0.3 is 0 Å². The Bertz CT molecular complexity index is 1410. The zero-order valence-electron chi connectivity index (χ0n) is 15.3. The molecule has 1 aliphatic carbocycles. The molecule has 0 saturated heterocycles. The van der Waals surface area contributed by atoms with Crippen molar-refractivity contribution in [2.24, 2.45) is 0 Å². The third-order valence-corrected chi connectivity index (χ3v) is 5.55. The Morgan fingerprint density at radius 2 is 1.17 bits per heavy atom. The van der Waals surface area contributed by atoms with Crippen molar-refractivity contribution < 1.29 is 0 Å². The fourth-order valence-electron chi connectivity index (χ4n) is 4.14. The van der Waals surface area contributed by atoms with E-state index in [0.717, 1.165) is 11.1 Å². The molecule has 1 heterocycles. The first-order chi connectivity index (χ1) is 14.3. The molecule has 0 radical (unpaired) electrons. The predicted octanol–water partition coefficient (Wildman–Crippen LogP) is 6.66. The van der Waals surface area contributed by atoms with E-state index in [-0.39, 0.29) is 5.28 Å². The quantitative estimate of drug-likeness (QED) is 0.331. The zero-order valence-corrected chi connectivity index (χ0v) is 16.1. The molecule has 0 aliphatic heterocycles. The van der Waals surface area contributed by atoms with Crippen LogP contribution in [0.15, 0.2) is 84.9 Å². The molecule has 136 valence electrons. The number of hydrogen-bond donors (Lipinski definition) is 0. The van der Waals surface area contributed by atoms with Gasteiger partial charge in [-0.15, -0.1) is 0 Å². The predicted molar refractivity (Wildman–Crippen MR) is 118 cm³/mol. The number of fused-ring (bicyclic) bond motifs is 3. The van der Waals surface area contributed by atoms with Gasteiger partial charge in [-0.25, -0.2) is 4.98 Å². The highest BCUT2D eigenvalue weighted by Gasteiger charge is 2.22. The fraction of sp³-hybridized carbons (Fsp3) is 0. The molecule has 4 aromatic carbocycles. The Hall–Kier alpha value is -3.56. The van der Waals surface area contributed by atoms with E-state index in [9.17, 15) is 0 Å². The maximum absolute atomic E-state index is 6.27. The summed E-state index contributed by atoms with van der Waals surface area (Å²) in [6.45, 7) is 0. The molecule has 3 nitrogen and oxygen atoms in total. The first-order valence-electron chi connectivity index (χ1n) is 9.42. The van der Waals surface area contributed by atoms with Crippen molar-refractivity contribution in [3.05, 3.63) is 90.2 Å². The molecular weight excluding hydrogens is 378 g/mol. The van der Waals surface area contributed by atoms with Gasteiger partial charge in [0, 0.05) is 11.1 Å². The van der Waals surface area contributed by atoms with Crippen molar-refractivity contribution in [1.82, 2.24) is 15.0 Å². The van der Waals surface area contributed by atoms with E-state index < -0.39 is 0 Å². The second kappa shape index (κ2) is 6.23. The van der Waals surface area contributed by atoms with Crippen LogP contribution in [0.5, 0.6) is 0 Å². The van der Waals surface area contributed by atoms with Gasteiger partial charge in [0.25, 0.3) is 0 Å². The van der Waals surface area contributed by atoms with Crippen LogP contribution in [-0.4, -0.2) is 15.0 Å². The van der Waals surface area contributed by atoms with E-state index in [2.05, 4.69) is 64.6 Å². The number of nitrogens with zero attached hydrogens (tertiary/aromatic N) is 3. The Morgan fingerprint density at radius 3 is 1.97 bits per heavy atom. The minimum absolute atomic E-state index is 0.194. The number of aromatic nitrogens is 3. The zero-order chi connectivity index (χ0) is 19.4. The van der Waals surface area contributed by atoms with E-state index in [1.54, 1.807) is 0 Å². The molecule has 0 amide bonds. The summed E-state index contributed by atoms with van der Waals surface area (Å²) in [5.74, 6) is 1.16. The smallest absolute Gasteiger partial charge is 0.208 e. The highest BCUT2D eigenvalue weighted by molar-refractivity contribution is 6.28. The van der Waals surface area contributed by atoms with Crippen LogP contribution in [0.25, 0.3) is 55.8 Å². The summed E-state index contributed by atoms with van der Waals surface area (Å²) in [5, 5.41) is 2.64. The summed E-state index contributed by atoms with van der Waals surface area (Å²) >= 11 is 6.27. The van der Waals surface area contributed by atoms with Gasteiger partial charge in [-0.1, -0.05) is 72.8 Å². The molecule has 0 atom stereocenters. The third kappa shape index (κ3) is 2.55. The number of benzene rings is 4. The van der Waals surface area contributed by atoms with Crippen LogP contribution in [-0.2, 0) is 0 Å². The molecule has 0 N–H and O–H groups in total. The molecule has 6 rings (SSSR count). The van der Waals surface area contributed by atoms with Gasteiger partial charge in [0.1, 0.15) is 0 Å². The van der Waals surface area contributed by atoms with Gasteiger partial charge in [0.15, 0.2) is 11.6 Å². The lowest BCUT2D eigenvalue weighted by Gasteiger charge is -2.08. The van der Waals surface area contributed by atoms with Crippen LogP contribution < -0.4 is 0 Å². The Kier molecular flexibility index (Phi) is 3.52. The molecule has 4 heteroatoms. The van der Waals surface area contributed by atoms with Crippen molar-refractivity contribution in [1.29, 1.82) is 0 Å². The van der Waals surface area contributed by atoms with Crippen LogP contribution in [0.4, 0.5) is 0 Å². The second-order valence-electron chi connectivity index (χ2n) is 7.09. The van der Waals surface area contributed by atoms with Crippen LogP contribution in [0, 0.1) is 0 Å². The second-order valence-corrected chi connectivity index (χ2v) is 7.43. The molecule has 1 aliphatic rings. The lowest BCUT2D eigenvalue weighted by Crippen LogP contribution is -1.97. The first-order valence-corrected chi connectivity index (χ1v) is 9.80. The van der Waals surface area contributed by atoms with E-state index in [1.165, 1.54) is 33.0 Å². The van der Waals surface area contributed by atoms with Crippen LogP contribution in [0.3, 0.4) is 0 Å². The molecular formula is C25H14ClN3. The maximum Gasteiger partial charge on any atom is 0.226 e. The van der Waals surface area contributed by atoms with Crippen molar-refractivity contribution in [2.75, 3.05) is 0 Å². The average Bonchev–Trinajstić information content (AvgIpc) is 3.10. The lowest BCUT2D eigenvalue weighted by atomic mass is 9.99. The topological polar surface area (TPSA) is 38.7 Å². The lowest BCUT2D eigenvalue weighted by molar-refractivity contribution is 1.07. The van der Waals surface area contributed by atoms with Crippen molar-refractivity contribution in [3.8, 4) is 45.0 Å². The molecule has 0 spiro atoms. The van der Waals surface area contributed by atoms with Crippen LogP contribution in [0.1, 0.15) is 0 Å². The standard InChI is InChI=1S/C25H14ClN3/c26-25-28-23(15-7-2-1-3-8-15)27-24(29-25)17-13-16-9-6-12-20-18-10-4-5-11-19(18)21(14-17)22(16)20/h1-14H. The monoisotopic (exact) mass is 391 g/mol. The minimum Gasteiger partial charge on any atom is -0.208 e. The number of hydrogen-bond acceptors (Lipinski definition) is 3. The van der Waals surface area contributed by atoms with E-state index in [1.807, 2.05) is 30.3 Å². The van der Waals surface area contributed by atoms with Gasteiger partial charge >= 0.3 is 0 Å². The largest absolute Gasteiger partial charge is 0.226 e. The molecule has 0 bridgehead atoms. The molecule has 0 unspecified atom stereocenters. The molecule has 0 fully saturated rings. The van der Waals surface area contributed by atoms with Gasteiger partial charge in [0.2, 0.25) is 5.28 Å². The highest BCUT2D eigenvalue weighted by atomic mass is 35.5. The van der Waals surface area contributed by atoms with Gasteiger partial charge in [-0.3, -0.25) is 0 Å². The van der Waals surface area contributed by atoms with Gasteiger partial charge in [-0.05, 0) is 56.8 Å². The van der Waals surface area contributed by atoms with E-state index >= 15 is 0 Å². The van der Waals surface area contributed by atoms with Crippen molar-refractivity contribution in [2.45, 2.75) is 0 Å². The summed E-state index contributed by atoms with van der Waals surface area (Å²) in [5.41, 5.74) is 6.84. The SMILES string of the molecule is Clc1nc(-c2ccccc2)nc(-c2cc3c4c(cccc4c2)-c2ccccc2-3)n1. The summed E-state index contributed by atoms with van der Waals surface area (Å²) in [7, 11) is 0. The van der Waals surface area contributed by atoms with Crippen molar-refractivity contribution >= 4 is 22.4 Å². The minimum atomic E-state index is 0.194. The van der Waals surface area contributed by atoms with E-state index in [0.29, 0.717) is 11.6 Å². The fourth-order valence-corrected chi connectivity index (χ4v) is 4.30. The highest BCUT2D eigenvalue weighted by Crippen LogP contribution is 2.48. The Morgan fingerprint density at radius 1 is 0.517 bits per heavy atom. The summed E-state index contributed by atoms with van der Waals surface area (Å²) < 4.78 is 0. The summed E-state index contributed by atoms with van der Waals surface area (Å²) in [6.07, 6.45) is 0. The van der Waals surface area contributed by atoms with Gasteiger partial charge in [-0.2, -0.15) is 9.97 Å². The van der Waals surface area contributed by atoms with E-state index in [4.69, 9.17) is 16.6 Å². The average molecular weight is 392 g/mol.